The first-order chi connectivity index (χ1) is 13.4. The molecule has 0 fully saturated rings. The first-order valence-electron chi connectivity index (χ1n) is 11.3. The SMILES string of the molecule is CCCCCCCP(CCCCCCC)c1ccccc1-c1ccccc1. The van der Waals surface area contributed by atoms with Crippen molar-refractivity contribution < 1.29 is 0 Å². The molecular weight excluding hydrogens is 343 g/mol. The summed E-state index contributed by atoms with van der Waals surface area (Å²) in [6.07, 6.45) is 16.8. The molecule has 0 aliphatic carbocycles. The van der Waals surface area contributed by atoms with E-state index < -0.39 is 0 Å². The normalized spacial score (nSPS) is 11.2. The zero-order valence-corrected chi connectivity index (χ0v) is 18.5. The number of hydrogen-bond acceptors (Lipinski definition) is 0. The van der Waals surface area contributed by atoms with Gasteiger partial charge in [-0.2, -0.15) is 0 Å². The highest BCUT2D eigenvalue weighted by Crippen LogP contribution is 2.40. The minimum Gasteiger partial charge on any atom is -0.0746 e. The maximum Gasteiger partial charge on any atom is -0.0107 e. The fourth-order valence-electron chi connectivity index (χ4n) is 3.78. The van der Waals surface area contributed by atoms with E-state index in [-0.39, 0.29) is 7.92 Å². The molecule has 27 heavy (non-hydrogen) atoms. The molecule has 0 saturated heterocycles. The molecule has 2 aromatic carbocycles. The molecule has 0 N–H and O–H groups in total. The Labute approximate surface area is 169 Å². The molecule has 0 bridgehead atoms. The molecule has 0 unspecified atom stereocenters. The molecule has 0 aromatic heterocycles. The molecule has 0 atom stereocenters. The Balaban J connectivity index is 2.07. The second-order valence-electron chi connectivity index (χ2n) is 7.70. The fraction of sp³-hybridized carbons (Fsp3) is 0.538. The van der Waals surface area contributed by atoms with E-state index in [0.717, 1.165) is 0 Å². The number of rotatable bonds is 14. The van der Waals surface area contributed by atoms with Crippen molar-refractivity contribution in [3.8, 4) is 11.1 Å². The summed E-state index contributed by atoms with van der Waals surface area (Å²) >= 11 is 0. The summed E-state index contributed by atoms with van der Waals surface area (Å²) in [4.78, 5) is 0. The lowest BCUT2D eigenvalue weighted by Gasteiger charge is -2.22. The van der Waals surface area contributed by atoms with Gasteiger partial charge in [0.1, 0.15) is 0 Å². The Bertz CT molecular complexity index is 591. The molecule has 2 rings (SSSR count). The van der Waals surface area contributed by atoms with Crippen LogP contribution in [0.5, 0.6) is 0 Å². The van der Waals surface area contributed by atoms with Crippen molar-refractivity contribution in [2.75, 3.05) is 12.3 Å². The van der Waals surface area contributed by atoms with Crippen molar-refractivity contribution in [1.82, 2.24) is 0 Å². The van der Waals surface area contributed by atoms with Gasteiger partial charge in [0.25, 0.3) is 0 Å². The van der Waals surface area contributed by atoms with Gasteiger partial charge in [0.05, 0.1) is 0 Å². The number of benzene rings is 2. The zero-order chi connectivity index (χ0) is 19.2. The molecule has 1 heteroatoms. The van der Waals surface area contributed by atoms with Crippen LogP contribution in [0.2, 0.25) is 0 Å². The van der Waals surface area contributed by atoms with Gasteiger partial charge in [-0.3, -0.25) is 0 Å². The molecule has 0 saturated carbocycles. The molecule has 0 aliphatic rings. The summed E-state index contributed by atoms with van der Waals surface area (Å²) in [7, 11) is -0.0419. The first kappa shape index (κ1) is 22.2. The minimum absolute atomic E-state index is 0.0419. The Hall–Kier alpha value is -1.13. The van der Waals surface area contributed by atoms with Crippen LogP contribution in [0.3, 0.4) is 0 Å². The molecular formula is C26H39P. The van der Waals surface area contributed by atoms with Crippen molar-refractivity contribution in [1.29, 1.82) is 0 Å². The third kappa shape index (κ3) is 8.18. The van der Waals surface area contributed by atoms with Gasteiger partial charge in [0.2, 0.25) is 0 Å². The average Bonchev–Trinajstić information content (AvgIpc) is 2.72. The number of hydrogen-bond donors (Lipinski definition) is 0. The van der Waals surface area contributed by atoms with Gasteiger partial charge in [-0.15, -0.1) is 0 Å². The third-order valence-corrected chi connectivity index (χ3v) is 8.18. The summed E-state index contributed by atoms with van der Waals surface area (Å²) in [6.45, 7) is 4.61. The van der Waals surface area contributed by atoms with Gasteiger partial charge in [-0.25, -0.2) is 0 Å². The summed E-state index contributed by atoms with van der Waals surface area (Å²) < 4.78 is 0. The van der Waals surface area contributed by atoms with Crippen molar-refractivity contribution in [3.05, 3.63) is 54.6 Å². The van der Waals surface area contributed by atoms with Crippen LogP contribution in [0.1, 0.15) is 78.1 Å². The van der Waals surface area contributed by atoms with E-state index in [9.17, 15) is 0 Å². The van der Waals surface area contributed by atoms with Crippen LogP contribution < -0.4 is 5.30 Å². The van der Waals surface area contributed by atoms with Gasteiger partial charge in [-0.1, -0.05) is 128 Å². The molecule has 0 nitrogen and oxygen atoms in total. The summed E-state index contributed by atoms with van der Waals surface area (Å²) in [6, 6.07) is 20.2. The van der Waals surface area contributed by atoms with Gasteiger partial charge < -0.3 is 0 Å². The lowest BCUT2D eigenvalue weighted by molar-refractivity contribution is 0.653. The molecule has 0 amide bonds. The Morgan fingerprint density at radius 1 is 0.556 bits per heavy atom. The zero-order valence-electron chi connectivity index (χ0n) is 17.6. The van der Waals surface area contributed by atoms with E-state index in [4.69, 9.17) is 0 Å². The first-order valence-corrected chi connectivity index (χ1v) is 13.0. The highest BCUT2D eigenvalue weighted by molar-refractivity contribution is 7.65. The minimum atomic E-state index is -0.0419. The van der Waals surface area contributed by atoms with Crippen molar-refractivity contribution in [3.63, 3.8) is 0 Å². The number of unbranched alkanes of at least 4 members (excludes halogenated alkanes) is 8. The monoisotopic (exact) mass is 382 g/mol. The molecule has 148 valence electrons. The van der Waals surface area contributed by atoms with E-state index in [1.807, 2.05) is 0 Å². The molecule has 0 aliphatic heterocycles. The van der Waals surface area contributed by atoms with E-state index in [0.29, 0.717) is 0 Å². The predicted molar refractivity (Wildman–Crippen MR) is 126 cm³/mol. The largest absolute Gasteiger partial charge is 0.0746 e. The Kier molecular flexibility index (Phi) is 11.5. The van der Waals surface area contributed by atoms with Crippen LogP contribution in [-0.2, 0) is 0 Å². The Morgan fingerprint density at radius 3 is 1.67 bits per heavy atom. The van der Waals surface area contributed by atoms with Crippen LogP contribution in [0.15, 0.2) is 54.6 Å². The molecule has 2 aromatic rings. The van der Waals surface area contributed by atoms with Crippen molar-refractivity contribution in [2.45, 2.75) is 78.1 Å². The lowest BCUT2D eigenvalue weighted by atomic mass is 10.1. The topological polar surface area (TPSA) is 0 Å². The molecule has 0 radical (unpaired) electrons. The second kappa shape index (κ2) is 14.0. The van der Waals surface area contributed by atoms with E-state index in [2.05, 4.69) is 68.4 Å². The van der Waals surface area contributed by atoms with Crippen molar-refractivity contribution >= 4 is 13.2 Å². The van der Waals surface area contributed by atoms with Crippen LogP contribution in [0.4, 0.5) is 0 Å². The summed E-state index contributed by atoms with van der Waals surface area (Å²) in [5.74, 6) is 0. The van der Waals surface area contributed by atoms with Crippen LogP contribution in [0, 0.1) is 0 Å². The van der Waals surface area contributed by atoms with Gasteiger partial charge in [0, 0.05) is 0 Å². The van der Waals surface area contributed by atoms with Gasteiger partial charge >= 0.3 is 0 Å². The molecule has 0 spiro atoms. The fourth-order valence-corrected chi connectivity index (χ4v) is 6.53. The lowest BCUT2D eigenvalue weighted by Crippen LogP contribution is -2.10. The standard InChI is InChI=1S/C26H39P/c1-3-5-7-9-16-22-27(23-17-10-8-6-4-2)26-21-15-14-20-25(26)24-18-12-11-13-19-24/h11-15,18-21H,3-10,16-17,22-23H2,1-2H3. The van der Waals surface area contributed by atoms with E-state index in [1.54, 1.807) is 5.30 Å². The maximum absolute atomic E-state index is 2.42. The van der Waals surface area contributed by atoms with E-state index >= 15 is 0 Å². The van der Waals surface area contributed by atoms with Crippen molar-refractivity contribution in [2.24, 2.45) is 0 Å². The van der Waals surface area contributed by atoms with Gasteiger partial charge in [-0.05, 0) is 41.6 Å². The van der Waals surface area contributed by atoms with Crippen LogP contribution in [0.25, 0.3) is 11.1 Å². The highest BCUT2D eigenvalue weighted by atomic mass is 31.1. The van der Waals surface area contributed by atoms with E-state index in [1.165, 1.54) is 87.7 Å². The maximum atomic E-state index is 2.42. The van der Waals surface area contributed by atoms with Gasteiger partial charge in [0.15, 0.2) is 0 Å². The smallest absolute Gasteiger partial charge is 0.0107 e. The third-order valence-electron chi connectivity index (χ3n) is 5.39. The quantitative estimate of drug-likeness (QED) is 0.227. The average molecular weight is 383 g/mol. The Morgan fingerprint density at radius 2 is 1.07 bits per heavy atom. The van der Waals surface area contributed by atoms with Crippen LogP contribution in [-0.4, -0.2) is 12.3 Å². The summed E-state index contributed by atoms with van der Waals surface area (Å²) in [5.41, 5.74) is 2.86. The highest BCUT2D eigenvalue weighted by Gasteiger charge is 2.15. The second-order valence-corrected chi connectivity index (χ2v) is 10.2. The van der Waals surface area contributed by atoms with Crippen LogP contribution >= 0.6 is 7.92 Å². The molecule has 0 heterocycles. The summed E-state index contributed by atoms with van der Waals surface area (Å²) in [5, 5.41) is 1.64. The predicted octanol–water partition coefficient (Wildman–Crippen LogP) is 8.40.